The third-order valence-corrected chi connectivity index (χ3v) is 37.1. The fourth-order valence-corrected chi connectivity index (χ4v) is 40.4. The van der Waals surface area contributed by atoms with Crippen LogP contribution in [0.5, 0.6) is 0 Å². The van der Waals surface area contributed by atoms with Gasteiger partial charge < -0.3 is 0 Å². The van der Waals surface area contributed by atoms with Crippen LogP contribution < -0.4 is 0 Å². The first-order valence-electron chi connectivity index (χ1n) is 12.0. The zero-order chi connectivity index (χ0) is 21.7. The van der Waals surface area contributed by atoms with E-state index in [-0.39, 0.29) is 0 Å². The molecule has 0 aromatic heterocycles. The molecule has 2 aromatic rings. The Morgan fingerprint density at radius 2 is 1.07 bits per heavy atom. The third kappa shape index (κ3) is 3.25. The Morgan fingerprint density at radius 1 is 0.700 bits per heavy atom. The first-order chi connectivity index (χ1) is 14.2. The molecule has 30 heavy (non-hydrogen) atoms. The van der Waals surface area contributed by atoms with E-state index in [1.807, 2.05) is 0 Å². The second kappa shape index (κ2) is 7.85. The summed E-state index contributed by atoms with van der Waals surface area (Å²) in [5, 5.41) is 0. The van der Waals surface area contributed by atoms with Crippen molar-refractivity contribution in [2.24, 2.45) is 0 Å². The van der Waals surface area contributed by atoms with Crippen LogP contribution in [0.3, 0.4) is 0 Å². The molecule has 2 aliphatic rings. The normalized spacial score (nSPS) is 22.3. The molecule has 0 aliphatic heterocycles. The summed E-state index contributed by atoms with van der Waals surface area (Å²) >= 11 is -3.40. The first-order valence-corrected chi connectivity index (χ1v) is 35.1. The topological polar surface area (TPSA) is 0 Å². The van der Waals surface area contributed by atoms with Crippen LogP contribution in [-0.4, -0.2) is 7.43 Å². The SMILES string of the molecule is CCCC1=C(C)c2ccccc2[CH]1[Hf]([CH3])([CH3])([SiH3])[CH]1C(CCC)=C(C)c2ccccc21. The van der Waals surface area contributed by atoms with Gasteiger partial charge in [0.1, 0.15) is 0 Å². The van der Waals surface area contributed by atoms with Gasteiger partial charge >= 0.3 is 188 Å². The number of fused-ring (bicyclic) bond motifs is 2. The van der Waals surface area contributed by atoms with Gasteiger partial charge in [-0.15, -0.1) is 0 Å². The molecular formula is C28H39HfSi. The summed E-state index contributed by atoms with van der Waals surface area (Å²) in [6, 6.07) is 18.8. The Morgan fingerprint density at radius 3 is 1.43 bits per heavy atom. The molecular weight excluding hydrogens is 543 g/mol. The van der Waals surface area contributed by atoms with Gasteiger partial charge in [-0.05, 0) is 0 Å². The first kappa shape index (κ1) is 22.2. The van der Waals surface area contributed by atoms with Gasteiger partial charge in [0.15, 0.2) is 0 Å². The Labute approximate surface area is 187 Å². The van der Waals surface area contributed by atoms with E-state index in [0.717, 1.165) is 7.35 Å². The fraction of sp³-hybridized carbons (Fsp3) is 0.429. The van der Waals surface area contributed by atoms with Crippen molar-refractivity contribution in [2.75, 3.05) is 0 Å². The van der Waals surface area contributed by atoms with Crippen molar-refractivity contribution in [1.29, 1.82) is 0 Å². The van der Waals surface area contributed by atoms with E-state index in [4.69, 9.17) is 0 Å². The van der Waals surface area contributed by atoms with Crippen molar-refractivity contribution < 1.29 is 17.7 Å². The van der Waals surface area contributed by atoms with E-state index in [9.17, 15) is 0 Å². The van der Waals surface area contributed by atoms with Crippen molar-refractivity contribution in [1.82, 2.24) is 0 Å². The standard InChI is InChI=1S/2C13H15.2CH3.Hf.H3Si/c2*1-3-6-11-9-12-7-4-5-8-13(12)10(11)2;;;;/h2*4-5,7-9H,3,6H2,1-2H3;2*1H3;;1H3. The molecule has 0 saturated heterocycles. The molecule has 0 radical (unpaired) electrons. The van der Waals surface area contributed by atoms with Gasteiger partial charge in [0.2, 0.25) is 0 Å². The van der Waals surface area contributed by atoms with Gasteiger partial charge in [-0.3, -0.25) is 0 Å². The molecule has 159 valence electrons. The number of hydrogen-bond acceptors (Lipinski definition) is 0. The molecule has 2 aromatic carbocycles. The number of rotatable bonds is 6. The van der Waals surface area contributed by atoms with E-state index in [0.29, 0.717) is 0 Å². The Balaban J connectivity index is 1.97. The van der Waals surface area contributed by atoms with Crippen molar-refractivity contribution in [3.8, 4) is 0 Å². The third-order valence-electron chi connectivity index (χ3n) is 8.12. The molecule has 0 fully saturated rings. The summed E-state index contributed by atoms with van der Waals surface area (Å²) in [7, 11) is 1.35. The van der Waals surface area contributed by atoms with Crippen LogP contribution in [0.1, 0.15) is 83.0 Å². The molecule has 2 heteroatoms. The Bertz CT molecular complexity index is 966. The second-order valence-electron chi connectivity index (χ2n) is 11.2. The van der Waals surface area contributed by atoms with E-state index in [1.54, 1.807) is 44.5 Å². The molecule has 0 amide bonds. The zero-order valence-electron chi connectivity index (χ0n) is 20.1. The summed E-state index contributed by atoms with van der Waals surface area (Å²) in [6.07, 6.45) is 5.04. The number of allylic oxidation sites excluding steroid dienone is 4. The molecule has 0 nitrogen and oxygen atoms in total. The van der Waals surface area contributed by atoms with Crippen molar-refractivity contribution >= 4 is 18.6 Å². The number of benzene rings is 2. The van der Waals surface area contributed by atoms with Gasteiger partial charge in [0.05, 0.1) is 0 Å². The molecule has 2 aliphatic carbocycles. The molecule has 0 N–H and O–H groups in total. The minimum absolute atomic E-state index is 0.723. The average Bonchev–Trinajstić information content (AvgIpc) is 3.16. The zero-order valence-corrected chi connectivity index (χ0v) is 25.7. The van der Waals surface area contributed by atoms with Crippen LogP contribution in [0.25, 0.3) is 11.1 Å². The fourth-order valence-electron chi connectivity index (χ4n) is 7.06. The molecule has 0 spiro atoms. The van der Waals surface area contributed by atoms with E-state index < -0.39 is 17.7 Å². The van der Waals surface area contributed by atoms with Crippen LogP contribution in [0, 0.1) is 0 Å². The molecule has 0 bridgehead atoms. The predicted molar refractivity (Wildman–Crippen MR) is 135 cm³/mol. The monoisotopic (exact) mass is 583 g/mol. The van der Waals surface area contributed by atoms with E-state index in [2.05, 4.69) is 85.6 Å². The summed E-state index contributed by atoms with van der Waals surface area (Å²) in [5.41, 5.74) is 13.3. The Kier molecular flexibility index (Phi) is 5.81. The van der Waals surface area contributed by atoms with Crippen LogP contribution in [0.4, 0.5) is 0 Å². The predicted octanol–water partition coefficient (Wildman–Crippen LogP) is 7.71. The van der Waals surface area contributed by atoms with E-state index >= 15 is 0 Å². The van der Waals surface area contributed by atoms with Gasteiger partial charge in [-0.2, -0.15) is 0 Å². The van der Waals surface area contributed by atoms with E-state index in [1.165, 1.54) is 33.1 Å². The summed E-state index contributed by atoms with van der Waals surface area (Å²) < 4.78 is 7.13. The molecule has 0 heterocycles. The number of hydrogen-bond donors (Lipinski definition) is 0. The average molecular weight is 582 g/mol. The summed E-state index contributed by atoms with van der Waals surface area (Å²) in [6.45, 7) is 9.55. The second-order valence-corrected chi connectivity index (χ2v) is 65.6. The Hall–Kier alpha value is -0.993. The van der Waals surface area contributed by atoms with Crippen molar-refractivity contribution in [2.45, 2.75) is 70.1 Å². The van der Waals surface area contributed by atoms with Gasteiger partial charge in [0.25, 0.3) is 0 Å². The minimum atomic E-state index is -3.40. The quantitative estimate of drug-likeness (QED) is 0.307. The maximum atomic E-state index is 2.84. The summed E-state index contributed by atoms with van der Waals surface area (Å²) in [4.78, 5) is 0. The van der Waals surface area contributed by atoms with Gasteiger partial charge in [-0.25, -0.2) is 0 Å². The molecule has 0 saturated carbocycles. The van der Waals surface area contributed by atoms with Crippen LogP contribution in [-0.2, 0) is 17.7 Å². The van der Waals surface area contributed by atoms with Crippen LogP contribution >= 0.6 is 0 Å². The molecule has 2 unspecified atom stereocenters. The maximum absolute atomic E-state index is 3.40. The van der Waals surface area contributed by atoms with Gasteiger partial charge in [-0.1, -0.05) is 0 Å². The molecule has 2 atom stereocenters. The molecule has 4 rings (SSSR count). The van der Waals surface area contributed by atoms with Crippen molar-refractivity contribution in [3.05, 3.63) is 81.9 Å². The van der Waals surface area contributed by atoms with Gasteiger partial charge in [0, 0.05) is 0 Å². The van der Waals surface area contributed by atoms with Crippen LogP contribution in [0.15, 0.2) is 59.7 Å². The van der Waals surface area contributed by atoms with Crippen LogP contribution in [0.2, 0.25) is 9.36 Å². The van der Waals surface area contributed by atoms with Crippen molar-refractivity contribution in [3.63, 3.8) is 0 Å². The summed E-state index contributed by atoms with van der Waals surface area (Å²) in [5.74, 6) is 0.